The number of benzene rings is 3. The zero-order valence-electron chi connectivity index (χ0n) is 14.4. The lowest BCUT2D eigenvalue weighted by molar-refractivity contribution is 0.0866. The molecule has 3 heteroatoms. The second-order valence-electron chi connectivity index (χ2n) is 6.63. The third kappa shape index (κ3) is 3.15. The van der Waals surface area contributed by atoms with Gasteiger partial charge in [0.25, 0.3) is 0 Å². The van der Waals surface area contributed by atoms with E-state index in [0.717, 1.165) is 28.3 Å². The van der Waals surface area contributed by atoms with Gasteiger partial charge in [-0.15, -0.1) is 0 Å². The van der Waals surface area contributed by atoms with Crippen molar-refractivity contribution in [1.29, 1.82) is 0 Å². The molecule has 1 aliphatic heterocycles. The van der Waals surface area contributed by atoms with Crippen molar-refractivity contribution in [3.63, 3.8) is 0 Å². The topological polar surface area (TPSA) is 12.5 Å². The smallest absolute Gasteiger partial charge is 0.156 e. The normalized spacial score (nSPS) is 15.9. The highest BCUT2D eigenvalue weighted by molar-refractivity contribution is 6.30. The summed E-state index contributed by atoms with van der Waals surface area (Å²) < 4.78 is 6.27. The number of hydrogen-bond donors (Lipinski definition) is 0. The first-order valence-electron chi connectivity index (χ1n) is 8.43. The van der Waals surface area contributed by atoms with Crippen LogP contribution in [0.15, 0.2) is 66.7 Å². The maximum absolute atomic E-state index is 6.27. The molecular formula is C22H20ClNO. The Balaban J connectivity index is 1.89. The predicted octanol–water partition coefficient (Wildman–Crippen LogP) is 5.50. The molecule has 0 amide bonds. The quantitative estimate of drug-likeness (QED) is 0.619. The Morgan fingerprint density at radius 1 is 0.880 bits per heavy atom. The molecule has 1 heterocycles. The molecule has 1 unspecified atom stereocenters. The minimum atomic E-state index is 0.0685. The van der Waals surface area contributed by atoms with E-state index >= 15 is 0 Å². The van der Waals surface area contributed by atoms with Crippen LogP contribution in [0.2, 0.25) is 5.02 Å². The van der Waals surface area contributed by atoms with Crippen molar-refractivity contribution in [2.24, 2.45) is 0 Å². The zero-order chi connectivity index (χ0) is 17.4. The molecule has 0 spiro atoms. The lowest BCUT2D eigenvalue weighted by Crippen LogP contribution is -2.31. The van der Waals surface area contributed by atoms with Crippen molar-refractivity contribution in [2.75, 3.05) is 14.1 Å². The minimum absolute atomic E-state index is 0.0685. The average Bonchev–Trinajstić information content (AvgIpc) is 3.06. The van der Waals surface area contributed by atoms with E-state index in [1.54, 1.807) is 0 Å². The summed E-state index contributed by atoms with van der Waals surface area (Å²) in [5.41, 5.74) is 5.85. The van der Waals surface area contributed by atoms with Crippen LogP contribution >= 0.6 is 11.6 Å². The van der Waals surface area contributed by atoms with Gasteiger partial charge < -0.3 is 4.74 Å². The minimum Gasteiger partial charge on any atom is -0.474 e. The van der Waals surface area contributed by atoms with E-state index in [1.165, 1.54) is 16.7 Å². The summed E-state index contributed by atoms with van der Waals surface area (Å²) in [7, 11) is 4.10. The van der Waals surface area contributed by atoms with Crippen LogP contribution in [0.4, 0.5) is 0 Å². The van der Waals surface area contributed by atoms with Gasteiger partial charge in [-0.3, -0.25) is 4.90 Å². The molecule has 0 aliphatic carbocycles. The number of fused-ring (bicyclic) bond motifs is 1. The predicted molar refractivity (Wildman–Crippen MR) is 104 cm³/mol. The Bertz CT molecular complexity index is 905. The van der Waals surface area contributed by atoms with Crippen LogP contribution < -0.4 is 4.74 Å². The van der Waals surface area contributed by atoms with Crippen molar-refractivity contribution < 1.29 is 4.74 Å². The molecule has 3 aromatic rings. The first-order valence-corrected chi connectivity index (χ1v) is 8.81. The molecule has 126 valence electrons. The van der Waals surface area contributed by atoms with Crippen LogP contribution in [0, 0.1) is 0 Å². The monoisotopic (exact) mass is 349 g/mol. The van der Waals surface area contributed by atoms with Crippen LogP contribution in [0.1, 0.15) is 5.56 Å². The van der Waals surface area contributed by atoms with Crippen LogP contribution in [-0.4, -0.2) is 25.2 Å². The third-order valence-electron chi connectivity index (χ3n) is 4.63. The highest BCUT2D eigenvalue weighted by Gasteiger charge is 2.28. The van der Waals surface area contributed by atoms with Crippen LogP contribution in [-0.2, 0) is 6.42 Å². The van der Waals surface area contributed by atoms with E-state index < -0.39 is 0 Å². The summed E-state index contributed by atoms with van der Waals surface area (Å²) in [5, 5.41) is 0.735. The number of likely N-dealkylation sites (N-methyl/N-ethyl adjacent to an activating group) is 1. The number of rotatable bonds is 3. The van der Waals surface area contributed by atoms with Gasteiger partial charge in [0.2, 0.25) is 0 Å². The molecule has 1 atom stereocenters. The number of nitrogens with zero attached hydrogens (tertiary/aromatic N) is 1. The molecule has 0 saturated carbocycles. The first kappa shape index (κ1) is 16.2. The van der Waals surface area contributed by atoms with E-state index in [-0.39, 0.29) is 6.23 Å². The Labute approximate surface area is 153 Å². The van der Waals surface area contributed by atoms with Gasteiger partial charge in [-0.2, -0.15) is 0 Å². The van der Waals surface area contributed by atoms with Crippen molar-refractivity contribution in [3.05, 3.63) is 77.3 Å². The molecule has 3 aromatic carbocycles. The molecule has 1 aliphatic rings. The molecule has 0 radical (unpaired) electrons. The second-order valence-corrected chi connectivity index (χ2v) is 7.07. The lowest BCUT2D eigenvalue weighted by atomic mass is 9.94. The SMILES string of the molecule is CN(C)C1Cc2cc(-c3ccccc3)cc(-c3cccc(Cl)c3)c2O1. The van der Waals surface area contributed by atoms with Crippen LogP contribution in [0.25, 0.3) is 22.3 Å². The average molecular weight is 350 g/mol. The largest absolute Gasteiger partial charge is 0.474 e. The molecule has 25 heavy (non-hydrogen) atoms. The van der Waals surface area contributed by atoms with Gasteiger partial charge in [0.15, 0.2) is 6.23 Å². The highest BCUT2D eigenvalue weighted by atomic mass is 35.5. The Morgan fingerprint density at radius 2 is 1.64 bits per heavy atom. The van der Waals surface area contributed by atoms with Gasteiger partial charge in [-0.25, -0.2) is 0 Å². The molecular weight excluding hydrogens is 330 g/mol. The van der Waals surface area contributed by atoms with E-state index in [2.05, 4.69) is 47.4 Å². The summed E-state index contributed by atoms with van der Waals surface area (Å²) in [5.74, 6) is 0.973. The van der Waals surface area contributed by atoms with Gasteiger partial charge in [0, 0.05) is 22.6 Å². The Morgan fingerprint density at radius 3 is 2.36 bits per heavy atom. The standard InChI is InChI=1S/C22H20ClNO/c1-24(2)21-14-18-11-17(15-7-4-3-5-8-15)13-20(22(18)25-21)16-9-6-10-19(23)12-16/h3-13,21H,14H2,1-2H3. The van der Waals surface area contributed by atoms with E-state index in [0.29, 0.717) is 0 Å². The summed E-state index contributed by atoms with van der Waals surface area (Å²) >= 11 is 6.23. The Kier molecular flexibility index (Phi) is 4.24. The highest BCUT2D eigenvalue weighted by Crippen LogP contribution is 2.42. The summed E-state index contributed by atoms with van der Waals surface area (Å²) in [6, 6.07) is 22.9. The van der Waals surface area contributed by atoms with E-state index in [1.807, 2.05) is 38.4 Å². The van der Waals surface area contributed by atoms with Crippen molar-refractivity contribution in [1.82, 2.24) is 4.90 Å². The zero-order valence-corrected chi connectivity index (χ0v) is 15.1. The summed E-state index contributed by atoms with van der Waals surface area (Å²) in [6.45, 7) is 0. The van der Waals surface area contributed by atoms with Crippen molar-refractivity contribution >= 4 is 11.6 Å². The van der Waals surface area contributed by atoms with Crippen molar-refractivity contribution in [3.8, 4) is 28.0 Å². The Hall–Kier alpha value is -2.29. The first-order chi connectivity index (χ1) is 12.1. The molecule has 0 N–H and O–H groups in total. The number of ether oxygens (including phenoxy) is 1. The molecule has 0 bridgehead atoms. The van der Waals surface area contributed by atoms with Gasteiger partial charge in [0.1, 0.15) is 5.75 Å². The molecule has 0 fully saturated rings. The number of hydrogen-bond acceptors (Lipinski definition) is 2. The molecule has 0 aromatic heterocycles. The summed E-state index contributed by atoms with van der Waals surface area (Å²) in [6.07, 6.45) is 0.954. The van der Waals surface area contributed by atoms with Crippen LogP contribution in [0.3, 0.4) is 0 Å². The van der Waals surface area contributed by atoms with E-state index in [9.17, 15) is 0 Å². The second kappa shape index (κ2) is 6.55. The maximum atomic E-state index is 6.27. The fourth-order valence-electron chi connectivity index (χ4n) is 3.30. The maximum Gasteiger partial charge on any atom is 0.156 e. The van der Waals surface area contributed by atoms with Gasteiger partial charge >= 0.3 is 0 Å². The lowest BCUT2D eigenvalue weighted by Gasteiger charge is -2.19. The van der Waals surface area contributed by atoms with Gasteiger partial charge in [0.05, 0.1) is 0 Å². The van der Waals surface area contributed by atoms with Gasteiger partial charge in [-0.1, -0.05) is 54.1 Å². The summed E-state index contributed by atoms with van der Waals surface area (Å²) in [4.78, 5) is 2.12. The fraction of sp³-hybridized carbons (Fsp3) is 0.182. The number of halogens is 1. The van der Waals surface area contributed by atoms with Crippen molar-refractivity contribution in [2.45, 2.75) is 12.6 Å². The fourth-order valence-corrected chi connectivity index (χ4v) is 3.49. The van der Waals surface area contributed by atoms with E-state index in [4.69, 9.17) is 16.3 Å². The molecule has 4 rings (SSSR count). The molecule has 2 nitrogen and oxygen atoms in total. The van der Waals surface area contributed by atoms with Crippen LogP contribution in [0.5, 0.6) is 5.75 Å². The third-order valence-corrected chi connectivity index (χ3v) is 4.87. The van der Waals surface area contributed by atoms with Gasteiger partial charge in [-0.05, 0) is 55.1 Å². The molecule has 0 saturated heterocycles.